The normalized spacial score (nSPS) is 24.1. The van der Waals surface area contributed by atoms with Crippen molar-refractivity contribution >= 4 is 15.5 Å². The van der Waals surface area contributed by atoms with Gasteiger partial charge < -0.3 is 10.4 Å². The van der Waals surface area contributed by atoms with E-state index in [4.69, 9.17) is 0 Å². The van der Waals surface area contributed by atoms with Gasteiger partial charge in [-0.3, -0.25) is 0 Å². The molecule has 0 fully saturated rings. The third-order valence-corrected chi connectivity index (χ3v) is 9.35. The van der Waals surface area contributed by atoms with E-state index in [1.807, 2.05) is 49.4 Å². The number of sulfone groups is 1. The standard InChI is InChI=1S/C28H41NO3S/c1-4-7-9-13-19-29-23-16-17-25-24(20-23)26(22-14-11-10-12-15-22)27(30)28(6-3,18-8-5-2)21-33(25,31)32/h10-12,14-17,20,26-27,29-30H,4-9,13,18-19,21H2,1-3H3/t26-,27?,28-/m1/s1. The molecule has 0 aromatic heterocycles. The minimum atomic E-state index is -3.54. The molecule has 1 aliphatic heterocycles. The summed E-state index contributed by atoms with van der Waals surface area (Å²) in [6.45, 7) is 7.20. The molecule has 182 valence electrons. The third-order valence-electron chi connectivity index (χ3n) is 7.35. The van der Waals surface area contributed by atoms with Crippen molar-refractivity contribution in [3.63, 3.8) is 0 Å². The van der Waals surface area contributed by atoms with E-state index in [9.17, 15) is 13.5 Å². The van der Waals surface area contributed by atoms with Crippen molar-refractivity contribution in [2.75, 3.05) is 17.6 Å². The Balaban J connectivity index is 2.08. The van der Waals surface area contributed by atoms with Crippen molar-refractivity contribution in [2.45, 2.75) is 89.1 Å². The van der Waals surface area contributed by atoms with Crippen molar-refractivity contribution in [1.29, 1.82) is 0 Å². The van der Waals surface area contributed by atoms with Gasteiger partial charge in [0.1, 0.15) is 0 Å². The summed E-state index contributed by atoms with van der Waals surface area (Å²) >= 11 is 0. The van der Waals surface area contributed by atoms with Crippen LogP contribution in [0.2, 0.25) is 0 Å². The zero-order chi connectivity index (χ0) is 23.9. The fourth-order valence-electron chi connectivity index (χ4n) is 5.29. The number of aliphatic hydroxyl groups excluding tert-OH is 1. The second kappa shape index (κ2) is 11.5. The first-order valence-electron chi connectivity index (χ1n) is 12.7. The first kappa shape index (κ1) is 25.8. The summed E-state index contributed by atoms with van der Waals surface area (Å²) in [6, 6.07) is 15.5. The van der Waals surface area contributed by atoms with Gasteiger partial charge in [-0.15, -0.1) is 0 Å². The summed E-state index contributed by atoms with van der Waals surface area (Å²) in [5, 5.41) is 15.4. The zero-order valence-electron chi connectivity index (χ0n) is 20.5. The highest BCUT2D eigenvalue weighted by Gasteiger charge is 2.48. The highest BCUT2D eigenvalue weighted by Crippen LogP contribution is 2.49. The predicted octanol–water partition coefficient (Wildman–Crippen LogP) is 6.55. The van der Waals surface area contributed by atoms with Gasteiger partial charge in [0.2, 0.25) is 0 Å². The van der Waals surface area contributed by atoms with Crippen LogP contribution in [0.25, 0.3) is 0 Å². The average molecular weight is 472 g/mol. The maximum Gasteiger partial charge on any atom is 0.179 e. The minimum absolute atomic E-state index is 0.00219. The molecule has 0 aliphatic carbocycles. The lowest BCUT2D eigenvalue weighted by atomic mass is 9.69. The Morgan fingerprint density at radius 1 is 0.970 bits per heavy atom. The molecule has 4 nitrogen and oxygen atoms in total. The Morgan fingerprint density at radius 2 is 1.70 bits per heavy atom. The molecular formula is C28H41NO3S. The Kier molecular flexibility index (Phi) is 9.00. The summed E-state index contributed by atoms with van der Waals surface area (Å²) in [7, 11) is -3.54. The average Bonchev–Trinajstić information content (AvgIpc) is 2.89. The SMILES string of the molecule is CCCCCCNc1ccc2c(c1)[C@@H](c1ccccc1)C(O)[C@](CC)(CCCC)CS2(=O)=O. The van der Waals surface area contributed by atoms with Gasteiger partial charge in [-0.1, -0.05) is 83.2 Å². The third kappa shape index (κ3) is 5.81. The van der Waals surface area contributed by atoms with Gasteiger partial charge in [0.05, 0.1) is 16.8 Å². The molecule has 1 unspecified atom stereocenters. The summed E-state index contributed by atoms with van der Waals surface area (Å²) in [4.78, 5) is 0.374. The van der Waals surface area contributed by atoms with Gasteiger partial charge in [0.25, 0.3) is 0 Å². The van der Waals surface area contributed by atoms with E-state index >= 15 is 0 Å². The van der Waals surface area contributed by atoms with Gasteiger partial charge in [-0.2, -0.15) is 0 Å². The van der Waals surface area contributed by atoms with Gasteiger partial charge in [-0.25, -0.2) is 8.42 Å². The number of anilines is 1. The number of fused-ring (bicyclic) bond motifs is 1. The first-order chi connectivity index (χ1) is 15.9. The molecule has 1 aliphatic rings. The van der Waals surface area contributed by atoms with Crippen LogP contribution in [0, 0.1) is 5.41 Å². The lowest BCUT2D eigenvalue weighted by Crippen LogP contribution is -2.42. The number of aliphatic hydroxyl groups is 1. The molecule has 0 amide bonds. The lowest BCUT2D eigenvalue weighted by molar-refractivity contribution is 0.0174. The molecule has 0 bridgehead atoms. The summed E-state index contributed by atoms with van der Waals surface area (Å²) in [5.74, 6) is -0.380. The first-order valence-corrected chi connectivity index (χ1v) is 14.4. The van der Waals surface area contributed by atoms with Gasteiger partial charge in [-0.05, 0) is 48.6 Å². The number of hydrogen-bond donors (Lipinski definition) is 2. The Bertz CT molecular complexity index is 989. The van der Waals surface area contributed by atoms with Crippen LogP contribution in [0.5, 0.6) is 0 Å². The van der Waals surface area contributed by atoms with Gasteiger partial charge in [0.15, 0.2) is 9.84 Å². The molecular weight excluding hydrogens is 430 g/mol. The van der Waals surface area contributed by atoms with Crippen LogP contribution in [-0.4, -0.2) is 31.9 Å². The maximum absolute atomic E-state index is 13.7. The number of unbranched alkanes of at least 4 members (excludes halogenated alkanes) is 4. The van der Waals surface area contributed by atoms with Gasteiger partial charge >= 0.3 is 0 Å². The van der Waals surface area contributed by atoms with Crippen LogP contribution in [0.3, 0.4) is 0 Å². The fourth-order valence-corrected chi connectivity index (χ4v) is 7.55. The summed E-state index contributed by atoms with van der Waals surface area (Å²) in [5.41, 5.74) is 1.95. The van der Waals surface area contributed by atoms with Crippen LogP contribution in [0.1, 0.15) is 89.2 Å². The van der Waals surface area contributed by atoms with Crippen LogP contribution in [-0.2, 0) is 9.84 Å². The lowest BCUT2D eigenvalue weighted by Gasteiger charge is -2.39. The quantitative estimate of drug-likeness (QED) is 0.365. The Morgan fingerprint density at radius 3 is 2.36 bits per heavy atom. The van der Waals surface area contributed by atoms with E-state index < -0.39 is 21.4 Å². The molecule has 0 spiro atoms. The molecule has 3 atom stereocenters. The smallest absolute Gasteiger partial charge is 0.179 e. The molecule has 0 radical (unpaired) electrons. The van der Waals surface area contributed by atoms with E-state index in [-0.39, 0.29) is 11.7 Å². The topological polar surface area (TPSA) is 66.4 Å². The molecule has 2 aromatic rings. The summed E-state index contributed by atoms with van der Waals surface area (Å²) < 4.78 is 27.3. The molecule has 2 N–H and O–H groups in total. The molecule has 0 saturated carbocycles. The predicted molar refractivity (Wildman–Crippen MR) is 138 cm³/mol. The van der Waals surface area contributed by atoms with Crippen molar-refractivity contribution in [3.05, 3.63) is 59.7 Å². The van der Waals surface area contributed by atoms with E-state index in [1.54, 1.807) is 6.07 Å². The zero-order valence-corrected chi connectivity index (χ0v) is 21.3. The van der Waals surface area contributed by atoms with Gasteiger partial charge in [0, 0.05) is 23.6 Å². The van der Waals surface area contributed by atoms with Crippen LogP contribution in [0.15, 0.2) is 53.4 Å². The van der Waals surface area contributed by atoms with Crippen molar-refractivity contribution in [3.8, 4) is 0 Å². The number of nitrogens with one attached hydrogen (secondary N) is 1. The van der Waals surface area contributed by atoms with E-state index in [2.05, 4.69) is 19.2 Å². The Hall–Kier alpha value is -1.85. The molecule has 0 saturated heterocycles. The minimum Gasteiger partial charge on any atom is -0.392 e. The molecule has 2 aromatic carbocycles. The molecule has 1 heterocycles. The molecule has 3 rings (SSSR count). The van der Waals surface area contributed by atoms with E-state index in [0.29, 0.717) is 17.7 Å². The number of benzene rings is 2. The maximum atomic E-state index is 13.7. The van der Waals surface area contributed by atoms with Crippen molar-refractivity contribution in [2.24, 2.45) is 5.41 Å². The number of rotatable bonds is 11. The molecule has 5 heteroatoms. The van der Waals surface area contributed by atoms with Crippen LogP contribution in [0.4, 0.5) is 5.69 Å². The second-order valence-corrected chi connectivity index (χ2v) is 11.6. The monoisotopic (exact) mass is 471 g/mol. The van der Waals surface area contributed by atoms with E-state index in [1.165, 1.54) is 19.3 Å². The van der Waals surface area contributed by atoms with Crippen molar-refractivity contribution in [1.82, 2.24) is 0 Å². The highest BCUT2D eigenvalue weighted by atomic mass is 32.2. The molecule has 33 heavy (non-hydrogen) atoms. The number of hydrogen-bond acceptors (Lipinski definition) is 4. The van der Waals surface area contributed by atoms with Crippen LogP contribution < -0.4 is 5.32 Å². The van der Waals surface area contributed by atoms with Crippen LogP contribution >= 0.6 is 0 Å². The Labute approximate surface area is 200 Å². The summed E-state index contributed by atoms with van der Waals surface area (Å²) in [6.07, 6.45) is 7.15. The van der Waals surface area contributed by atoms with Crippen molar-refractivity contribution < 1.29 is 13.5 Å². The van der Waals surface area contributed by atoms with E-state index in [0.717, 1.165) is 42.6 Å². The fraction of sp³-hybridized carbons (Fsp3) is 0.571. The highest BCUT2D eigenvalue weighted by molar-refractivity contribution is 7.91. The second-order valence-electron chi connectivity index (χ2n) is 9.65. The largest absolute Gasteiger partial charge is 0.392 e.